The van der Waals surface area contributed by atoms with Gasteiger partial charge in [0.2, 0.25) is 0 Å². The van der Waals surface area contributed by atoms with Crippen LogP contribution in [0.25, 0.3) is 0 Å². The van der Waals surface area contributed by atoms with Crippen LogP contribution in [0.1, 0.15) is 79.1 Å². The third-order valence-electron chi connectivity index (χ3n) is 9.04. The Morgan fingerprint density at radius 1 is 1.24 bits per heavy atom. The molecule has 0 heterocycles. The predicted molar refractivity (Wildman–Crippen MR) is 102 cm³/mol. The lowest BCUT2D eigenvalue weighted by molar-refractivity contribution is -0.117. The smallest absolute Gasteiger partial charge is 0.0682 e. The molecule has 0 aromatic carbocycles. The molecule has 0 saturated heterocycles. The summed E-state index contributed by atoms with van der Waals surface area (Å²) < 4.78 is 0. The van der Waals surface area contributed by atoms with Crippen LogP contribution in [0.3, 0.4) is 0 Å². The molecule has 2 heteroatoms. The highest BCUT2D eigenvalue weighted by Crippen LogP contribution is 2.66. The molecule has 0 radical (unpaired) electrons. The number of fused-ring (bicyclic) bond motifs is 5. The van der Waals surface area contributed by atoms with E-state index >= 15 is 0 Å². The molecule has 0 unspecified atom stereocenters. The van der Waals surface area contributed by atoms with Crippen molar-refractivity contribution in [2.24, 2.45) is 28.6 Å². The van der Waals surface area contributed by atoms with E-state index in [4.69, 9.17) is 0 Å². The van der Waals surface area contributed by atoms with Gasteiger partial charge < -0.3 is 10.2 Å². The van der Waals surface area contributed by atoms with Crippen LogP contribution in [0.4, 0.5) is 0 Å². The van der Waals surface area contributed by atoms with Crippen molar-refractivity contribution in [2.75, 3.05) is 0 Å². The van der Waals surface area contributed by atoms with Crippen molar-refractivity contribution in [2.45, 2.75) is 90.8 Å². The van der Waals surface area contributed by atoms with Crippen molar-refractivity contribution < 1.29 is 10.2 Å². The summed E-state index contributed by atoms with van der Waals surface area (Å²) in [6.07, 6.45) is 12.7. The van der Waals surface area contributed by atoms with E-state index in [1.165, 1.54) is 18.4 Å². The Bertz CT molecular complexity index is 620. The Morgan fingerprint density at radius 3 is 2.68 bits per heavy atom. The van der Waals surface area contributed by atoms with Gasteiger partial charge in [-0.05, 0) is 86.9 Å². The first-order valence-corrected chi connectivity index (χ1v) is 10.5. The molecule has 4 rings (SSSR count). The highest BCUT2D eigenvalue weighted by Gasteiger charge is 2.60. The number of hydrogen-bond acceptors (Lipinski definition) is 2. The van der Waals surface area contributed by atoms with Gasteiger partial charge in [-0.15, -0.1) is 0 Å². The lowest BCUT2D eigenvalue weighted by Crippen LogP contribution is -2.56. The first-order chi connectivity index (χ1) is 11.8. The van der Waals surface area contributed by atoms with E-state index in [0.717, 1.165) is 38.5 Å². The largest absolute Gasteiger partial charge is 0.393 e. The van der Waals surface area contributed by atoms with Crippen LogP contribution in [-0.4, -0.2) is 21.9 Å². The zero-order valence-electron chi connectivity index (χ0n) is 16.5. The van der Waals surface area contributed by atoms with Crippen molar-refractivity contribution in [3.05, 3.63) is 23.3 Å². The van der Waals surface area contributed by atoms with Gasteiger partial charge in [0.25, 0.3) is 0 Å². The van der Waals surface area contributed by atoms with Crippen LogP contribution in [-0.2, 0) is 0 Å². The van der Waals surface area contributed by atoms with Gasteiger partial charge in [0.15, 0.2) is 0 Å². The lowest BCUT2D eigenvalue weighted by Gasteiger charge is -2.60. The Kier molecular flexibility index (Phi) is 4.05. The summed E-state index contributed by atoms with van der Waals surface area (Å²) in [5.74, 6) is 1.70. The lowest BCUT2D eigenvalue weighted by atomic mass is 9.46. The third-order valence-corrected chi connectivity index (χ3v) is 9.04. The van der Waals surface area contributed by atoms with Crippen LogP contribution in [0.5, 0.6) is 0 Å². The predicted octanol–water partition coefficient (Wildman–Crippen LogP) is 5.01. The second-order valence-electron chi connectivity index (χ2n) is 9.97. The zero-order chi connectivity index (χ0) is 18.0. The van der Waals surface area contributed by atoms with E-state index in [0.29, 0.717) is 17.8 Å². The van der Waals surface area contributed by atoms with Crippen LogP contribution in [0, 0.1) is 28.6 Å². The molecule has 7 atom stereocenters. The molecule has 25 heavy (non-hydrogen) atoms. The molecule has 0 aliphatic heterocycles. The molecule has 2 nitrogen and oxygen atoms in total. The fraction of sp³-hybridized carbons (Fsp3) is 0.826. The highest BCUT2D eigenvalue weighted by molar-refractivity contribution is 5.31. The molecule has 0 spiro atoms. The summed E-state index contributed by atoms with van der Waals surface area (Å²) in [6.45, 7) is 9.08. The van der Waals surface area contributed by atoms with E-state index in [-0.39, 0.29) is 16.9 Å². The molecule has 2 N–H and O–H groups in total. The molecular formula is C23H36O2. The maximum absolute atomic E-state index is 11.3. The van der Waals surface area contributed by atoms with Gasteiger partial charge in [-0.1, -0.05) is 44.1 Å². The number of allylic oxidation sites excluding steroid dienone is 3. The minimum atomic E-state index is -0.516. The van der Waals surface area contributed by atoms with E-state index in [1.54, 1.807) is 5.57 Å². The number of aliphatic hydroxyl groups is 2. The first-order valence-electron chi connectivity index (χ1n) is 10.5. The summed E-state index contributed by atoms with van der Waals surface area (Å²) in [6, 6.07) is 0. The van der Waals surface area contributed by atoms with Gasteiger partial charge in [0.1, 0.15) is 0 Å². The number of aliphatic hydroxyl groups excluding tert-OH is 1. The molecule has 0 aromatic rings. The maximum atomic E-state index is 11.3. The number of rotatable bonds is 1. The van der Waals surface area contributed by atoms with E-state index < -0.39 is 5.60 Å². The summed E-state index contributed by atoms with van der Waals surface area (Å²) in [7, 11) is 0. The van der Waals surface area contributed by atoms with Crippen LogP contribution in [0.2, 0.25) is 0 Å². The fourth-order valence-corrected chi connectivity index (χ4v) is 7.47. The summed E-state index contributed by atoms with van der Waals surface area (Å²) >= 11 is 0. The highest BCUT2D eigenvalue weighted by atomic mass is 16.3. The van der Waals surface area contributed by atoms with E-state index in [9.17, 15) is 10.2 Å². The summed E-state index contributed by atoms with van der Waals surface area (Å²) in [4.78, 5) is 0. The average Bonchev–Trinajstić information content (AvgIpc) is 2.91. The quantitative estimate of drug-likeness (QED) is 0.657. The standard InChI is InChI=1S/C23H36O2/c1-5-15-8-10-18-17-9-7-16-13-23(25,6-2)12-11-21(16,3)20(17)19(24)14-22(15,18)4/h5,7,17-20,24-25H,6,8-14H2,1-4H3/b15-5-/t17-,18-,19+,20+,21-,22+,23-/m0/s1. The molecular weight excluding hydrogens is 308 g/mol. The Hall–Kier alpha value is -0.600. The SMILES string of the molecule is C/C=C1/CC[C@H]2[C@@H]3CC=C4C[C@](O)(CC)CC[C@]4(C)[C@H]3[C@H](O)C[C@]12C. The molecule has 0 bridgehead atoms. The monoisotopic (exact) mass is 344 g/mol. The molecule has 0 amide bonds. The van der Waals surface area contributed by atoms with Crippen molar-refractivity contribution >= 4 is 0 Å². The molecule has 3 fully saturated rings. The third kappa shape index (κ3) is 2.36. The van der Waals surface area contributed by atoms with Gasteiger partial charge in [-0.3, -0.25) is 0 Å². The van der Waals surface area contributed by atoms with Gasteiger partial charge >= 0.3 is 0 Å². The Balaban J connectivity index is 1.71. The van der Waals surface area contributed by atoms with Gasteiger partial charge in [-0.2, -0.15) is 0 Å². The van der Waals surface area contributed by atoms with Gasteiger partial charge in [0.05, 0.1) is 11.7 Å². The van der Waals surface area contributed by atoms with Crippen LogP contribution < -0.4 is 0 Å². The zero-order valence-corrected chi connectivity index (χ0v) is 16.5. The van der Waals surface area contributed by atoms with Crippen molar-refractivity contribution in [1.82, 2.24) is 0 Å². The van der Waals surface area contributed by atoms with E-state index in [1.807, 2.05) is 0 Å². The first kappa shape index (κ1) is 17.8. The fourth-order valence-electron chi connectivity index (χ4n) is 7.47. The molecule has 4 aliphatic carbocycles. The van der Waals surface area contributed by atoms with Gasteiger partial charge in [-0.25, -0.2) is 0 Å². The van der Waals surface area contributed by atoms with Gasteiger partial charge in [0, 0.05) is 0 Å². The van der Waals surface area contributed by atoms with Crippen LogP contribution in [0.15, 0.2) is 23.3 Å². The minimum absolute atomic E-state index is 0.0870. The minimum Gasteiger partial charge on any atom is -0.393 e. The van der Waals surface area contributed by atoms with Crippen LogP contribution >= 0.6 is 0 Å². The Labute approximate surface area is 153 Å². The second-order valence-corrected chi connectivity index (χ2v) is 9.97. The van der Waals surface area contributed by atoms with Crippen molar-refractivity contribution in [3.8, 4) is 0 Å². The topological polar surface area (TPSA) is 40.5 Å². The second kappa shape index (κ2) is 5.70. The Morgan fingerprint density at radius 2 is 2.00 bits per heavy atom. The normalized spacial score (nSPS) is 53.8. The molecule has 140 valence electrons. The average molecular weight is 345 g/mol. The molecule has 3 saturated carbocycles. The number of hydrogen-bond donors (Lipinski definition) is 2. The summed E-state index contributed by atoms with van der Waals surface area (Å²) in [5.41, 5.74) is 2.80. The molecule has 4 aliphatic rings. The van der Waals surface area contributed by atoms with Crippen molar-refractivity contribution in [1.29, 1.82) is 0 Å². The molecule has 0 aromatic heterocycles. The van der Waals surface area contributed by atoms with Crippen molar-refractivity contribution in [3.63, 3.8) is 0 Å². The maximum Gasteiger partial charge on any atom is 0.0682 e. The van der Waals surface area contributed by atoms with E-state index in [2.05, 4.69) is 39.8 Å². The summed E-state index contributed by atoms with van der Waals surface area (Å²) in [5, 5.41) is 22.1.